The maximum absolute atomic E-state index is 5.51. The van der Waals surface area contributed by atoms with Gasteiger partial charge in [-0.25, -0.2) is 0 Å². The molecule has 2 nitrogen and oxygen atoms in total. The molecule has 0 unspecified atom stereocenters. The monoisotopic (exact) mass is 216 g/mol. The third-order valence-corrected chi connectivity index (χ3v) is 3.17. The predicted molar refractivity (Wildman–Crippen MR) is 69.6 cm³/mol. The molecule has 1 heterocycles. The standard InChI is InChI=1S/C14H20N2/c1-11-10-16(2)14-7-6-12(9-13(11)14)5-3-4-8-15/h6-7,9-10H,3-5,8,15H2,1-2H3. The Morgan fingerprint density at radius 2 is 2.06 bits per heavy atom. The summed E-state index contributed by atoms with van der Waals surface area (Å²) in [5, 5.41) is 1.38. The average Bonchev–Trinajstić information content (AvgIpc) is 2.55. The minimum absolute atomic E-state index is 0.798. The van der Waals surface area contributed by atoms with Crippen LogP contribution in [-0.4, -0.2) is 11.1 Å². The molecule has 2 rings (SSSR count). The van der Waals surface area contributed by atoms with Gasteiger partial charge in [-0.15, -0.1) is 0 Å². The minimum Gasteiger partial charge on any atom is -0.350 e. The van der Waals surface area contributed by atoms with E-state index in [-0.39, 0.29) is 0 Å². The Morgan fingerprint density at radius 3 is 2.81 bits per heavy atom. The van der Waals surface area contributed by atoms with E-state index in [1.165, 1.54) is 28.5 Å². The van der Waals surface area contributed by atoms with Gasteiger partial charge in [0.1, 0.15) is 0 Å². The Labute approximate surface area is 97.1 Å². The lowest BCUT2D eigenvalue weighted by atomic mass is 10.0. The van der Waals surface area contributed by atoms with E-state index in [9.17, 15) is 0 Å². The predicted octanol–water partition coefficient (Wildman–Crippen LogP) is 2.77. The van der Waals surface area contributed by atoms with Gasteiger partial charge in [-0.2, -0.15) is 0 Å². The normalized spacial score (nSPS) is 11.2. The molecule has 1 aromatic carbocycles. The minimum atomic E-state index is 0.798. The molecule has 0 radical (unpaired) electrons. The van der Waals surface area contributed by atoms with Crippen molar-refractivity contribution >= 4 is 10.9 Å². The first-order valence-corrected chi connectivity index (χ1v) is 5.97. The van der Waals surface area contributed by atoms with Gasteiger partial charge < -0.3 is 10.3 Å². The van der Waals surface area contributed by atoms with E-state index in [1.807, 2.05) is 0 Å². The van der Waals surface area contributed by atoms with E-state index >= 15 is 0 Å². The molecule has 0 aliphatic rings. The van der Waals surface area contributed by atoms with Crippen molar-refractivity contribution in [2.24, 2.45) is 12.8 Å². The zero-order valence-corrected chi connectivity index (χ0v) is 10.2. The van der Waals surface area contributed by atoms with Crippen molar-refractivity contribution in [2.45, 2.75) is 26.2 Å². The topological polar surface area (TPSA) is 30.9 Å². The fourth-order valence-corrected chi connectivity index (χ4v) is 2.27. The lowest BCUT2D eigenvalue weighted by molar-refractivity contribution is 0.745. The summed E-state index contributed by atoms with van der Waals surface area (Å²) >= 11 is 0. The third kappa shape index (κ3) is 2.12. The summed E-state index contributed by atoms with van der Waals surface area (Å²) in [4.78, 5) is 0. The van der Waals surface area contributed by atoms with Crippen LogP contribution in [0.1, 0.15) is 24.0 Å². The first-order chi connectivity index (χ1) is 7.72. The largest absolute Gasteiger partial charge is 0.350 e. The molecule has 16 heavy (non-hydrogen) atoms. The van der Waals surface area contributed by atoms with E-state index in [2.05, 4.69) is 42.9 Å². The smallest absolute Gasteiger partial charge is 0.0480 e. The van der Waals surface area contributed by atoms with Crippen molar-refractivity contribution < 1.29 is 0 Å². The van der Waals surface area contributed by atoms with Crippen LogP contribution < -0.4 is 5.73 Å². The second-order valence-electron chi connectivity index (χ2n) is 4.52. The molecule has 1 aromatic heterocycles. The maximum Gasteiger partial charge on any atom is 0.0480 e. The number of hydrogen-bond donors (Lipinski definition) is 1. The summed E-state index contributed by atoms with van der Waals surface area (Å²) in [6.45, 7) is 2.97. The summed E-state index contributed by atoms with van der Waals surface area (Å²) in [5.74, 6) is 0. The van der Waals surface area contributed by atoms with Crippen molar-refractivity contribution in [3.05, 3.63) is 35.5 Å². The molecule has 0 aliphatic carbocycles. The fourth-order valence-electron chi connectivity index (χ4n) is 2.27. The average molecular weight is 216 g/mol. The third-order valence-electron chi connectivity index (χ3n) is 3.17. The van der Waals surface area contributed by atoms with Crippen molar-refractivity contribution in [3.63, 3.8) is 0 Å². The Morgan fingerprint density at radius 1 is 1.25 bits per heavy atom. The Kier molecular flexibility index (Phi) is 3.30. The summed E-state index contributed by atoms with van der Waals surface area (Å²) in [7, 11) is 2.10. The molecule has 0 fully saturated rings. The number of aryl methyl sites for hydroxylation is 3. The fraction of sp³-hybridized carbons (Fsp3) is 0.429. The molecule has 86 valence electrons. The molecular weight excluding hydrogens is 196 g/mol. The molecule has 0 spiro atoms. The SMILES string of the molecule is Cc1cn(C)c2ccc(CCCCN)cc12. The highest BCUT2D eigenvalue weighted by atomic mass is 14.9. The zero-order valence-electron chi connectivity index (χ0n) is 10.2. The Bertz CT molecular complexity index is 483. The summed E-state index contributed by atoms with van der Waals surface area (Å²) in [6.07, 6.45) is 5.63. The van der Waals surface area contributed by atoms with Crippen LogP contribution in [0.3, 0.4) is 0 Å². The van der Waals surface area contributed by atoms with Crippen LogP contribution in [0, 0.1) is 6.92 Å². The number of rotatable bonds is 4. The van der Waals surface area contributed by atoms with Gasteiger partial charge in [0.25, 0.3) is 0 Å². The Balaban J connectivity index is 2.25. The van der Waals surface area contributed by atoms with Gasteiger partial charge in [0.05, 0.1) is 0 Å². The lowest BCUT2D eigenvalue weighted by Crippen LogP contribution is -1.98. The quantitative estimate of drug-likeness (QED) is 0.783. The number of unbranched alkanes of at least 4 members (excludes halogenated alkanes) is 1. The molecule has 2 N–H and O–H groups in total. The van der Waals surface area contributed by atoms with Gasteiger partial charge >= 0.3 is 0 Å². The van der Waals surface area contributed by atoms with Gasteiger partial charge in [-0.3, -0.25) is 0 Å². The molecule has 0 saturated carbocycles. The first-order valence-electron chi connectivity index (χ1n) is 5.97. The van der Waals surface area contributed by atoms with Crippen molar-refractivity contribution in [2.75, 3.05) is 6.54 Å². The van der Waals surface area contributed by atoms with Crippen LogP contribution in [0.4, 0.5) is 0 Å². The van der Waals surface area contributed by atoms with Gasteiger partial charge in [-0.05, 0) is 56.0 Å². The van der Waals surface area contributed by atoms with Crippen molar-refractivity contribution in [3.8, 4) is 0 Å². The second-order valence-corrected chi connectivity index (χ2v) is 4.52. The molecule has 0 aliphatic heterocycles. The van der Waals surface area contributed by atoms with Gasteiger partial charge in [0.15, 0.2) is 0 Å². The van der Waals surface area contributed by atoms with Crippen LogP contribution in [0.15, 0.2) is 24.4 Å². The maximum atomic E-state index is 5.51. The van der Waals surface area contributed by atoms with Crippen LogP contribution in [0.2, 0.25) is 0 Å². The highest BCUT2D eigenvalue weighted by Gasteiger charge is 2.03. The molecule has 2 aromatic rings. The summed E-state index contributed by atoms with van der Waals surface area (Å²) in [6, 6.07) is 6.78. The van der Waals surface area contributed by atoms with Gasteiger partial charge in [0.2, 0.25) is 0 Å². The summed E-state index contributed by atoms with van der Waals surface area (Å²) < 4.78 is 2.19. The van der Waals surface area contributed by atoms with Gasteiger partial charge in [-0.1, -0.05) is 6.07 Å². The zero-order chi connectivity index (χ0) is 11.5. The highest BCUT2D eigenvalue weighted by Crippen LogP contribution is 2.21. The number of fused-ring (bicyclic) bond motifs is 1. The molecule has 0 saturated heterocycles. The number of hydrogen-bond acceptors (Lipinski definition) is 1. The van der Waals surface area contributed by atoms with Crippen LogP contribution in [0.5, 0.6) is 0 Å². The van der Waals surface area contributed by atoms with Gasteiger partial charge in [0, 0.05) is 24.1 Å². The van der Waals surface area contributed by atoms with E-state index in [4.69, 9.17) is 5.73 Å². The molecule has 0 atom stereocenters. The summed E-state index contributed by atoms with van der Waals surface area (Å²) in [5.41, 5.74) is 9.61. The van der Waals surface area contributed by atoms with Crippen molar-refractivity contribution in [1.82, 2.24) is 4.57 Å². The molecule has 0 bridgehead atoms. The van der Waals surface area contributed by atoms with E-state index in [0.717, 1.165) is 19.4 Å². The highest BCUT2D eigenvalue weighted by molar-refractivity contribution is 5.84. The van der Waals surface area contributed by atoms with Crippen LogP contribution in [-0.2, 0) is 13.5 Å². The van der Waals surface area contributed by atoms with E-state index < -0.39 is 0 Å². The Hall–Kier alpha value is -1.28. The van der Waals surface area contributed by atoms with Crippen LogP contribution >= 0.6 is 0 Å². The molecule has 0 amide bonds. The number of benzene rings is 1. The number of aromatic nitrogens is 1. The molecule has 2 heteroatoms. The number of nitrogens with two attached hydrogens (primary N) is 1. The lowest BCUT2D eigenvalue weighted by Gasteiger charge is -2.02. The van der Waals surface area contributed by atoms with Crippen LogP contribution in [0.25, 0.3) is 10.9 Å². The number of nitrogens with zero attached hydrogens (tertiary/aromatic N) is 1. The van der Waals surface area contributed by atoms with E-state index in [0.29, 0.717) is 0 Å². The van der Waals surface area contributed by atoms with Crippen molar-refractivity contribution in [1.29, 1.82) is 0 Å². The van der Waals surface area contributed by atoms with E-state index in [1.54, 1.807) is 0 Å². The molecular formula is C14H20N2. The second kappa shape index (κ2) is 4.71. The first kappa shape index (κ1) is 11.2.